The first-order valence-corrected chi connectivity index (χ1v) is 12.7. The molecular formula is C24H25N3O3S2. The van der Waals surface area contributed by atoms with Crippen LogP contribution >= 0.6 is 22.7 Å². The summed E-state index contributed by atoms with van der Waals surface area (Å²) in [6.07, 6.45) is 0. The first-order chi connectivity index (χ1) is 15.7. The average molecular weight is 468 g/mol. The fourth-order valence-corrected chi connectivity index (χ4v) is 6.49. The van der Waals surface area contributed by atoms with E-state index >= 15 is 0 Å². The third kappa shape index (κ3) is 3.98. The van der Waals surface area contributed by atoms with Crippen molar-refractivity contribution < 1.29 is 14.3 Å². The van der Waals surface area contributed by atoms with Crippen LogP contribution in [-0.4, -0.2) is 65.5 Å². The largest absolute Gasteiger partial charge is 0.466 e. The highest BCUT2D eigenvalue weighted by Gasteiger charge is 2.49. The second kappa shape index (κ2) is 9.13. The Hall–Kier alpha value is -2.55. The molecule has 1 aromatic carbocycles. The lowest BCUT2D eigenvalue weighted by atomic mass is 9.83. The second-order valence-electron chi connectivity index (χ2n) is 8.12. The lowest BCUT2D eigenvalue weighted by Gasteiger charge is -2.39. The summed E-state index contributed by atoms with van der Waals surface area (Å²) in [7, 11) is 0. The van der Waals surface area contributed by atoms with Gasteiger partial charge < -0.3 is 9.64 Å². The van der Waals surface area contributed by atoms with Crippen molar-refractivity contribution in [2.45, 2.75) is 18.9 Å². The Morgan fingerprint density at radius 1 is 1.09 bits per heavy atom. The van der Waals surface area contributed by atoms with E-state index in [1.807, 2.05) is 52.9 Å². The molecular weight excluding hydrogens is 442 g/mol. The van der Waals surface area contributed by atoms with E-state index in [0.717, 1.165) is 22.0 Å². The zero-order valence-corrected chi connectivity index (χ0v) is 19.5. The number of hydrogen-bond acceptors (Lipinski definition) is 7. The summed E-state index contributed by atoms with van der Waals surface area (Å²) in [5, 5.41) is 4.75. The van der Waals surface area contributed by atoms with Crippen LogP contribution in [0.25, 0.3) is 9.88 Å². The fourth-order valence-electron chi connectivity index (χ4n) is 4.88. The highest BCUT2D eigenvalue weighted by atomic mass is 32.1. The number of carbonyl (C=O) groups excluding carboxylic acids is 2. The Morgan fingerprint density at radius 2 is 1.94 bits per heavy atom. The number of aromatic nitrogens is 1. The predicted octanol–water partition coefficient (Wildman–Crippen LogP) is 3.97. The molecule has 0 N–H and O–H groups in total. The maximum Gasteiger partial charge on any atom is 0.310 e. The van der Waals surface area contributed by atoms with Gasteiger partial charge in [-0.2, -0.15) is 0 Å². The summed E-state index contributed by atoms with van der Waals surface area (Å²) in [6, 6.07) is 14.3. The van der Waals surface area contributed by atoms with Gasteiger partial charge in [0.15, 0.2) is 0 Å². The van der Waals surface area contributed by atoms with Crippen LogP contribution in [0, 0.1) is 5.92 Å². The molecule has 0 unspecified atom stereocenters. The van der Waals surface area contributed by atoms with Crippen LogP contribution in [0.3, 0.4) is 0 Å². The van der Waals surface area contributed by atoms with Crippen LogP contribution in [0.4, 0.5) is 0 Å². The summed E-state index contributed by atoms with van der Waals surface area (Å²) in [5.74, 6) is -0.395. The summed E-state index contributed by atoms with van der Waals surface area (Å²) >= 11 is 3.13. The molecule has 0 bridgehead atoms. The zero-order chi connectivity index (χ0) is 22.1. The van der Waals surface area contributed by atoms with Gasteiger partial charge in [-0.15, -0.1) is 22.7 Å². The minimum atomic E-state index is -0.220. The molecule has 3 aromatic rings. The summed E-state index contributed by atoms with van der Waals surface area (Å²) in [5.41, 5.74) is 1.63. The van der Waals surface area contributed by atoms with Gasteiger partial charge in [-0.1, -0.05) is 36.4 Å². The van der Waals surface area contributed by atoms with E-state index in [-0.39, 0.29) is 29.8 Å². The molecule has 32 heavy (non-hydrogen) atoms. The van der Waals surface area contributed by atoms with Gasteiger partial charge in [0, 0.05) is 43.5 Å². The average Bonchev–Trinajstić information content (AvgIpc) is 3.58. The number of amides is 1. The van der Waals surface area contributed by atoms with E-state index in [1.54, 1.807) is 11.3 Å². The number of benzene rings is 1. The number of rotatable bonds is 5. The van der Waals surface area contributed by atoms with Crippen molar-refractivity contribution in [2.24, 2.45) is 5.92 Å². The van der Waals surface area contributed by atoms with Gasteiger partial charge in [-0.3, -0.25) is 14.5 Å². The van der Waals surface area contributed by atoms with Crippen molar-refractivity contribution in [3.63, 3.8) is 0 Å². The van der Waals surface area contributed by atoms with E-state index in [0.29, 0.717) is 31.9 Å². The molecule has 2 aliphatic heterocycles. The highest BCUT2D eigenvalue weighted by Crippen LogP contribution is 2.41. The maximum atomic E-state index is 13.3. The summed E-state index contributed by atoms with van der Waals surface area (Å²) in [6.45, 7) is 4.86. The molecule has 3 atom stereocenters. The topological polar surface area (TPSA) is 62.7 Å². The van der Waals surface area contributed by atoms with E-state index < -0.39 is 0 Å². The molecule has 0 saturated carbocycles. The Balaban J connectivity index is 1.38. The minimum absolute atomic E-state index is 0.00274. The molecule has 166 valence electrons. The lowest BCUT2D eigenvalue weighted by Crippen LogP contribution is -2.53. The summed E-state index contributed by atoms with van der Waals surface area (Å²) < 4.78 is 5.41. The number of ether oxygens (including phenoxy) is 1. The van der Waals surface area contributed by atoms with Crippen LogP contribution in [0.1, 0.15) is 28.9 Å². The van der Waals surface area contributed by atoms with Gasteiger partial charge >= 0.3 is 5.97 Å². The number of carbonyl (C=O) groups is 2. The lowest BCUT2D eigenvalue weighted by molar-refractivity contribution is -0.148. The van der Waals surface area contributed by atoms with Crippen LogP contribution in [0.15, 0.2) is 53.2 Å². The van der Waals surface area contributed by atoms with E-state index in [2.05, 4.69) is 22.0 Å². The molecule has 2 aromatic heterocycles. The van der Waals surface area contributed by atoms with Crippen LogP contribution in [0.2, 0.25) is 0 Å². The highest BCUT2D eigenvalue weighted by molar-refractivity contribution is 7.20. The van der Waals surface area contributed by atoms with Crippen molar-refractivity contribution >= 4 is 34.6 Å². The minimum Gasteiger partial charge on any atom is -0.466 e. The van der Waals surface area contributed by atoms with Gasteiger partial charge in [0.05, 0.1) is 17.4 Å². The number of fused-ring (bicyclic) bond motifs is 1. The number of esters is 1. The molecule has 8 heteroatoms. The van der Waals surface area contributed by atoms with Crippen molar-refractivity contribution in [3.8, 4) is 9.88 Å². The van der Waals surface area contributed by atoms with Gasteiger partial charge in [0.25, 0.3) is 5.91 Å². The van der Waals surface area contributed by atoms with Gasteiger partial charge in [0.1, 0.15) is 10.7 Å². The molecule has 6 nitrogen and oxygen atoms in total. The predicted molar refractivity (Wildman–Crippen MR) is 126 cm³/mol. The van der Waals surface area contributed by atoms with Gasteiger partial charge in [0.2, 0.25) is 0 Å². The Labute approximate surface area is 195 Å². The number of hydrogen-bond donors (Lipinski definition) is 0. The Bertz CT molecular complexity index is 1080. The Kier molecular flexibility index (Phi) is 6.08. The van der Waals surface area contributed by atoms with Gasteiger partial charge in [-0.05, 0) is 23.9 Å². The summed E-state index contributed by atoms with van der Waals surface area (Å²) in [4.78, 5) is 36.0. The van der Waals surface area contributed by atoms with Crippen molar-refractivity contribution in [1.82, 2.24) is 14.8 Å². The molecule has 2 aliphatic rings. The number of thiazole rings is 1. The first kappa shape index (κ1) is 21.3. The number of piperazine rings is 1. The normalized spacial score (nSPS) is 23.2. The van der Waals surface area contributed by atoms with E-state index in [9.17, 15) is 9.59 Å². The van der Waals surface area contributed by atoms with Crippen molar-refractivity contribution in [2.75, 3.05) is 32.8 Å². The van der Waals surface area contributed by atoms with Crippen LogP contribution in [-0.2, 0) is 9.53 Å². The van der Waals surface area contributed by atoms with E-state index in [4.69, 9.17) is 4.74 Å². The zero-order valence-electron chi connectivity index (χ0n) is 17.8. The van der Waals surface area contributed by atoms with Crippen LogP contribution in [0.5, 0.6) is 0 Å². The molecule has 4 heterocycles. The third-order valence-corrected chi connectivity index (χ3v) is 8.21. The molecule has 5 rings (SSSR count). The standard InChI is InChI=1S/C24H25N3O3S2/c1-2-30-24(29)17-13-26-10-11-27(14-19(26)21(17)16-7-4-3-5-8-16)23(28)18-15-32-22(25-18)20-9-6-12-31-20/h3-9,12,15,17,19,21H,2,10-11,13-14H2,1H3/t17-,19-,21+/m1/s1. The number of thiophene rings is 1. The molecule has 0 radical (unpaired) electrons. The van der Waals surface area contributed by atoms with Crippen molar-refractivity contribution in [3.05, 3.63) is 64.5 Å². The molecule has 2 saturated heterocycles. The molecule has 1 amide bonds. The van der Waals surface area contributed by atoms with E-state index in [1.165, 1.54) is 11.3 Å². The smallest absolute Gasteiger partial charge is 0.310 e. The SMILES string of the molecule is CCOC(=O)[C@@H]1CN2CCN(C(=O)c3csc(-c4cccs4)n3)C[C@@H]2[C@H]1c1ccccc1. The first-order valence-electron chi connectivity index (χ1n) is 10.9. The molecule has 0 spiro atoms. The van der Waals surface area contributed by atoms with Crippen LogP contribution < -0.4 is 0 Å². The Morgan fingerprint density at radius 3 is 2.69 bits per heavy atom. The monoisotopic (exact) mass is 467 g/mol. The fraction of sp³-hybridized carbons (Fsp3) is 0.375. The number of nitrogens with zero attached hydrogens (tertiary/aromatic N) is 3. The molecule has 0 aliphatic carbocycles. The maximum absolute atomic E-state index is 13.3. The van der Waals surface area contributed by atoms with Crippen molar-refractivity contribution in [1.29, 1.82) is 0 Å². The third-order valence-electron chi connectivity index (χ3n) is 6.33. The molecule has 2 fully saturated rings. The second-order valence-corrected chi connectivity index (χ2v) is 9.93. The quantitative estimate of drug-likeness (QED) is 0.531. The van der Waals surface area contributed by atoms with Gasteiger partial charge in [-0.25, -0.2) is 4.98 Å².